The van der Waals surface area contributed by atoms with Gasteiger partial charge in [0.05, 0.1) is 12.4 Å². The largest absolute Gasteiger partial charge is 0.467 e. The Balaban J connectivity index is 2.12. The molecule has 0 aromatic carbocycles. The molecule has 0 bridgehead atoms. The Morgan fingerprint density at radius 1 is 1.50 bits per heavy atom. The molecule has 0 radical (unpaired) electrons. The van der Waals surface area contributed by atoms with Crippen LogP contribution in [0.1, 0.15) is 25.2 Å². The highest BCUT2D eigenvalue weighted by Crippen LogP contribution is 2.27. The van der Waals surface area contributed by atoms with Gasteiger partial charge in [-0.15, -0.1) is 0 Å². The molecule has 0 aliphatic carbocycles. The van der Waals surface area contributed by atoms with Crippen molar-refractivity contribution in [1.29, 1.82) is 0 Å². The molecule has 2 heterocycles. The third kappa shape index (κ3) is 1.43. The van der Waals surface area contributed by atoms with E-state index in [1.807, 2.05) is 19.1 Å². The van der Waals surface area contributed by atoms with Crippen LogP contribution in [0.15, 0.2) is 35.0 Å². The molecule has 2 heteroatoms. The summed E-state index contributed by atoms with van der Waals surface area (Å²) in [6.45, 7) is 2.03. The van der Waals surface area contributed by atoms with Crippen LogP contribution in [0.3, 0.4) is 0 Å². The topological polar surface area (TPSA) is 22.4 Å². The Bertz CT molecular complexity index is 261. The van der Waals surface area contributed by atoms with Crippen LogP contribution in [0.5, 0.6) is 0 Å². The van der Waals surface area contributed by atoms with Crippen LogP contribution in [0.4, 0.5) is 0 Å². The minimum Gasteiger partial charge on any atom is -0.467 e. The van der Waals surface area contributed by atoms with Gasteiger partial charge in [0.2, 0.25) is 0 Å². The van der Waals surface area contributed by atoms with Crippen LogP contribution in [0, 0.1) is 0 Å². The van der Waals surface area contributed by atoms with Crippen molar-refractivity contribution < 1.29 is 9.15 Å². The second kappa shape index (κ2) is 3.15. The standard InChI is InChI=1S/C10H12O2/c1-8-4-2-5-10(12-8)9-6-3-7-11-9/h2-4,6-8,10H,5H2,1H3/t8-,10-/m1/s1. The average Bonchev–Trinajstić information content (AvgIpc) is 2.56. The summed E-state index contributed by atoms with van der Waals surface area (Å²) >= 11 is 0. The Labute approximate surface area is 71.8 Å². The fourth-order valence-electron chi connectivity index (χ4n) is 1.41. The maximum absolute atomic E-state index is 5.65. The molecule has 0 N–H and O–H groups in total. The fraction of sp³-hybridized carbons (Fsp3) is 0.400. The zero-order valence-corrected chi connectivity index (χ0v) is 7.07. The minimum atomic E-state index is 0.111. The Morgan fingerprint density at radius 2 is 2.42 bits per heavy atom. The smallest absolute Gasteiger partial charge is 0.132 e. The Kier molecular flexibility index (Phi) is 2.00. The van der Waals surface area contributed by atoms with Crippen LogP contribution in [-0.4, -0.2) is 6.10 Å². The molecule has 0 amide bonds. The van der Waals surface area contributed by atoms with Crippen LogP contribution >= 0.6 is 0 Å². The van der Waals surface area contributed by atoms with Crippen molar-refractivity contribution in [1.82, 2.24) is 0 Å². The monoisotopic (exact) mass is 164 g/mol. The van der Waals surface area contributed by atoms with Crippen molar-refractivity contribution in [3.05, 3.63) is 36.3 Å². The second-order valence-electron chi connectivity index (χ2n) is 3.01. The van der Waals surface area contributed by atoms with Gasteiger partial charge in [0, 0.05) is 0 Å². The SMILES string of the molecule is C[C@@H]1C=CC[C@H](c2ccco2)O1. The lowest BCUT2D eigenvalue weighted by Crippen LogP contribution is -2.14. The lowest BCUT2D eigenvalue weighted by molar-refractivity contribution is 0.00198. The van der Waals surface area contributed by atoms with Crippen molar-refractivity contribution in [3.63, 3.8) is 0 Å². The van der Waals surface area contributed by atoms with Gasteiger partial charge in [0.15, 0.2) is 0 Å². The maximum atomic E-state index is 5.65. The number of rotatable bonds is 1. The van der Waals surface area contributed by atoms with Gasteiger partial charge in [0.25, 0.3) is 0 Å². The molecule has 0 fully saturated rings. The lowest BCUT2D eigenvalue weighted by Gasteiger charge is -2.21. The lowest BCUT2D eigenvalue weighted by atomic mass is 10.1. The predicted molar refractivity (Wildman–Crippen MR) is 45.8 cm³/mol. The minimum absolute atomic E-state index is 0.111. The van der Waals surface area contributed by atoms with Gasteiger partial charge < -0.3 is 9.15 Å². The third-order valence-corrected chi connectivity index (χ3v) is 2.00. The zero-order chi connectivity index (χ0) is 8.39. The van der Waals surface area contributed by atoms with Crippen LogP contribution in [0.2, 0.25) is 0 Å². The van der Waals surface area contributed by atoms with E-state index in [0.29, 0.717) is 0 Å². The van der Waals surface area contributed by atoms with Crippen LogP contribution in [-0.2, 0) is 4.74 Å². The Morgan fingerprint density at radius 3 is 3.08 bits per heavy atom. The molecule has 1 aliphatic rings. The number of hydrogen-bond acceptors (Lipinski definition) is 2. The first-order valence-electron chi connectivity index (χ1n) is 4.22. The van der Waals surface area contributed by atoms with Gasteiger partial charge in [0.1, 0.15) is 11.9 Å². The van der Waals surface area contributed by atoms with Gasteiger partial charge >= 0.3 is 0 Å². The van der Waals surface area contributed by atoms with Crippen molar-refractivity contribution in [3.8, 4) is 0 Å². The first-order valence-corrected chi connectivity index (χ1v) is 4.22. The van der Waals surface area contributed by atoms with E-state index in [9.17, 15) is 0 Å². The fourth-order valence-corrected chi connectivity index (χ4v) is 1.41. The van der Waals surface area contributed by atoms with Crippen LogP contribution in [0.25, 0.3) is 0 Å². The average molecular weight is 164 g/mol. The molecule has 1 aliphatic heterocycles. The summed E-state index contributed by atoms with van der Waals surface area (Å²) in [5.74, 6) is 0.922. The summed E-state index contributed by atoms with van der Waals surface area (Å²) in [6, 6.07) is 3.85. The highest BCUT2D eigenvalue weighted by molar-refractivity contribution is 5.07. The number of hydrogen-bond donors (Lipinski definition) is 0. The van der Waals surface area contributed by atoms with E-state index in [1.165, 1.54) is 0 Å². The van der Waals surface area contributed by atoms with E-state index in [0.717, 1.165) is 12.2 Å². The number of ether oxygens (including phenoxy) is 1. The van der Waals surface area contributed by atoms with Crippen molar-refractivity contribution in [2.45, 2.75) is 25.6 Å². The predicted octanol–water partition coefficient (Wildman–Crippen LogP) is 2.69. The van der Waals surface area contributed by atoms with Crippen LogP contribution < -0.4 is 0 Å². The third-order valence-electron chi connectivity index (χ3n) is 2.00. The zero-order valence-electron chi connectivity index (χ0n) is 7.07. The van der Waals surface area contributed by atoms with Gasteiger partial charge in [-0.25, -0.2) is 0 Å². The van der Waals surface area contributed by atoms with Gasteiger partial charge in [-0.1, -0.05) is 12.2 Å². The molecule has 64 valence electrons. The molecular formula is C10H12O2. The highest BCUT2D eigenvalue weighted by atomic mass is 16.5. The summed E-state index contributed by atoms with van der Waals surface area (Å²) in [5, 5.41) is 0. The van der Waals surface area contributed by atoms with E-state index in [4.69, 9.17) is 9.15 Å². The Hall–Kier alpha value is -1.02. The molecule has 0 saturated heterocycles. The van der Waals surface area contributed by atoms with E-state index in [-0.39, 0.29) is 12.2 Å². The van der Waals surface area contributed by atoms with Gasteiger partial charge in [-0.3, -0.25) is 0 Å². The molecule has 2 nitrogen and oxygen atoms in total. The summed E-state index contributed by atoms with van der Waals surface area (Å²) in [6.07, 6.45) is 7.12. The molecule has 0 spiro atoms. The van der Waals surface area contributed by atoms with Gasteiger partial charge in [-0.05, 0) is 25.5 Å². The van der Waals surface area contributed by atoms with Crippen molar-refractivity contribution in [2.24, 2.45) is 0 Å². The molecular weight excluding hydrogens is 152 g/mol. The van der Waals surface area contributed by atoms with Gasteiger partial charge in [-0.2, -0.15) is 0 Å². The highest BCUT2D eigenvalue weighted by Gasteiger charge is 2.18. The first kappa shape index (κ1) is 7.62. The summed E-state index contributed by atoms with van der Waals surface area (Å²) in [5.41, 5.74) is 0. The van der Waals surface area contributed by atoms with E-state index >= 15 is 0 Å². The van der Waals surface area contributed by atoms with E-state index in [2.05, 4.69) is 12.2 Å². The molecule has 12 heavy (non-hydrogen) atoms. The molecule has 2 atom stereocenters. The molecule has 2 rings (SSSR count). The molecule has 1 aromatic heterocycles. The summed E-state index contributed by atoms with van der Waals surface area (Å²) in [7, 11) is 0. The van der Waals surface area contributed by atoms with E-state index in [1.54, 1.807) is 6.26 Å². The number of furan rings is 1. The summed E-state index contributed by atoms with van der Waals surface area (Å²) < 4.78 is 10.9. The molecule has 0 saturated carbocycles. The second-order valence-corrected chi connectivity index (χ2v) is 3.01. The maximum Gasteiger partial charge on any atom is 0.132 e. The van der Waals surface area contributed by atoms with E-state index < -0.39 is 0 Å². The van der Waals surface area contributed by atoms with Crippen molar-refractivity contribution in [2.75, 3.05) is 0 Å². The first-order chi connectivity index (χ1) is 5.86. The molecule has 0 unspecified atom stereocenters. The normalized spacial score (nSPS) is 29.1. The van der Waals surface area contributed by atoms with Crippen molar-refractivity contribution >= 4 is 0 Å². The quantitative estimate of drug-likeness (QED) is 0.595. The summed E-state index contributed by atoms with van der Waals surface area (Å²) in [4.78, 5) is 0. The molecule has 1 aromatic rings.